The van der Waals surface area contributed by atoms with Gasteiger partial charge in [-0.25, -0.2) is 13.2 Å². The Morgan fingerprint density at radius 3 is 2.20 bits per heavy atom. The molecule has 2 aromatic carbocycles. The van der Waals surface area contributed by atoms with E-state index < -0.39 is 27.6 Å². The molecule has 2 amide bonds. The van der Waals surface area contributed by atoms with Gasteiger partial charge in [-0.15, -0.1) is 0 Å². The molecule has 1 saturated heterocycles. The Hall–Kier alpha value is -3.61. The molecular formula is C27H32F3N3O6S. The summed E-state index contributed by atoms with van der Waals surface area (Å²) < 4.78 is 60.0. The van der Waals surface area contributed by atoms with Gasteiger partial charge in [0.05, 0.1) is 10.3 Å². The third-order valence-corrected chi connectivity index (χ3v) is 8.34. The number of nitrogens with zero attached hydrogens (tertiary/aromatic N) is 1. The number of aliphatic carboxylic acids is 1. The number of sulfonamides is 1. The largest absolute Gasteiger partial charge is 0.490 e. The lowest BCUT2D eigenvalue weighted by molar-refractivity contribution is -0.192. The van der Waals surface area contributed by atoms with Crippen molar-refractivity contribution in [1.82, 2.24) is 10.2 Å². The molecule has 0 spiro atoms. The molecule has 40 heavy (non-hydrogen) atoms. The normalized spacial score (nSPS) is 16.1. The Balaban J connectivity index is 0.000000559. The zero-order valence-electron chi connectivity index (χ0n) is 22.2. The minimum Gasteiger partial charge on any atom is -0.475 e. The first-order chi connectivity index (χ1) is 18.7. The number of likely N-dealkylation sites (tertiary alicyclic amines) is 1. The molecule has 13 heteroatoms. The number of anilines is 1. The van der Waals surface area contributed by atoms with Crippen LogP contribution in [0.4, 0.5) is 18.9 Å². The summed E-state index contributed by atoms with van der Waals surface area (Å²) in [4.78, 5) is 35.5. The zero-order valence-corrected chi connectivity index (χ0v) is 23.0. The maximum atomic E-state index is 12.8. The number of hydrogen-bond donors (Lipinski definition) is 3. The predicted octanol–water partition coefficient (Wildman–Crippen LogP) is 3.90. The second kappa shape index (κ2) is 12.3. The van der Waals surface area contributed by atoms with E-state index in [4.69, 9.17) is 9.90 Å². The lowest BCUT2D eigenvalue weighted by Gasteiger charge is -2.18. The molecular weight excluding hydrogens is 551 g/mol. The number of carbonyl (C=O) groups excluding carboxylic acids is 2. The predicted molar refractivity (Wildman–Crippen MR) is 141 cm³/mol. The van der Waals surface area contributed by atoms with Gasteiger partial charge in [0, 0.05) is 31.7 Å². The number of hydrogen-bond acceptors (Lipinski definition) is 5. The molecule has 1 saturated carbocycles. The first kappa shape index (κ1) is 30.9. The summed E-state index contributed by atoms with van der Waals surface area (Å²) in [5.41, 5.74) is 2.53. The van der Waals surface area contributed by atoms with E-state index >= 15 is 0 Å². The standard InChI is InChI=1S/C25H31N3O4S.C2HF3O2/c1-18-6-11-22(19(2)17-18)33(31,32)27-21-9-7-20(8-10-21)25(12-13-25)24(30)26-14-4-16-28-15-3-5-23(28)29;3-2(4,5)1(6)7/h6-11,17,27H,3-5,12-16H2,1-2H3,(H,26,30);(H,6,7). The van der Waals surface area contributed by atoms with E-state index in [9.17, 15) is 31.2 Å². The van der Waals surface area contributed by atoms with Crippen molar-refractivity contribution in [3.63, 3.8) is 0 Å². The summed E-state index contributed by atoms with van der Waals surface area (Å²) >= 11 is 0. The molecule has 9 nitrogen and oxygen atoms in total. The first-order valence-electron chi connectivity index (χ1n) is 12.7. The SMILES string of the molecule is Cc1ccc(S(=O)(=O)Nc2ccc(C3(C(=O)NCCCN4CCCC4=O)CC3)cc2)c(C)c1.O=C(O)C(F)(F)F. The molecule has 2 aromatic rings. The third kappa shape index (κ3) is 7.74. The lowest BCUT2D eigenvalue weighted by Crippen LogP contribution is -2.36. The smallest absolute Gasteiger partial charge is 0.475 e. The van der Waals surface area contributed by atoms with Crippen molar-refractivity contribution in [1.29, 1.82) is 0 Å². The maximum absolute atomic E-state index is 12.8. The van der Waals surface area contributed by atoms with Crippen LogP contribution in [-0.2, 0) is 29.8 Å². The summed E-state index contributed by atoms with van der Waals surface area (Å²) in [6.07, 6.45) is -1.24. The van der Waals surface area contributed by atoms with E-state index in [1.165, 1.54) is 0 Å². The summed E-state index contributed by atoms with van der Waals surface area (Å²) in [6, 6.07) is 12.3. The molecule has 0 radical (unpaired) electrons. The minimum atomic E-state index is -5.08. The molecule has 218 valence electrons. The van der Waals surface area contributed by atoms with Crippen LogP contribution in [-0.4, -0.2) is 62.0 Å². The fourth-order valence-electron chi connectivity index (χ4n) is 4.52. The van der Waals surface area contributed by atoms with E-state index in [0.717, 1.165) is 43.4 Å². The van der Waals surface area contributed by atoms with Gasteiger partial charge in [-0.05, 0) is 68.9 Å². The van der Waals surface area contributed by atoms with Gasteiger partial charge in [0.1, 0.15) is 0 Å². The monoisotopic (exact) mass is 583 g/mol. The van der Waals surface area contributed by atoms with Gasteiger partial charge < -0.3 is 15.3 Å². The Labute approximate surface area is 230 Å². The summed E-state index contributed by atoms with van der Waals surface area (Å²) in [6.45, 7) is 5.74. The van der Waals surface area contributed by atoms with Gasteiger partial charge >= 0.3 is 12.1 Å². The molecule has 1 aliphatic heterocycles. The third-order valence-electron chi connectivity index (χ3n) is 6.80. The highest BCUT2D eigenvalue weighted by Crippen LogP contribution is 2.48. The second-order valence-electron chi connectivity index (χ2n) is 9.93. The molecule has 0 unspecified atom stereocenters. The average Bonchev–Trinajstić information content (AvgIpc) is 3.57. The maximum Gasteiger partial charge on any atom is 0.490 e. The van der Waals surface area contributed by atoms with Gasteiger partial charge in [-0.3, -0.25) is 14.3 Å². The number of carbonyl (C=O) groups is 3. The highest BCUT2D eigenvalue weighted by Gasteiger charge is 2.51. The number of carboxylic acid groups (broad SMARTS) is 1. The topological polar surface area (TPSA) is 133 Å². The van der Waals surface area contributed by atoms with E-state index in [-0.39, 0.29) is 16.7 Å². The van der Waals surface area contributed by atoms with Crippen molar-refractivity contribution in [3.8, 4) is 0 Å². The number of nitrogens with one attached hydrogen (secondary N) is 2. The van der Waals surface area contributed by atoms with Crippen molar-refractivity contribution in [2.24, 2.45) is 0 Å². The van der Waals surface area contributed by atoms with Crippen molar-refractivity contribution in [2.45, 2.75) is 62.4 Å². The van der Waals surface area contributed by atoms with Crippen molar-refractivity contribution >= 4 is 33.5 Å². The molecule has 1 heterocycles. The van der Waals surface area contributed by atoms with Gasteiger partial charge in [-0.1, -0.05) is 29.8 Å². The van der Waals surface area contributed by atoms with Crippen molar-refractivity contribution in [3.05, 3.63) is 59.2 Å². The summed E-state index contributed by atoms with van der Waals surface area (Å²) in [5.74, 6) is -2.56. The number of amides is 2. The number of benzene rings is 2. The van der Waals surface area contributed by atoms with Crippen LogP contribution in [0.15, 0.2) is 47.4 Å². The van der Waals surface area contributed by atoms with Crippen LogP contribution in [0.1, 0.15) is 48.8 Å². The number of alkyl halides is 3. The number of halogens is 3. The quantitative estimate of drug-likeness (QED) is 0.384. The van der Waals surface area contributed by atoms with Gasteiger partial charge in [0.15, 0.2) is 0 Å². The number of carboxylic acids is 1. The van der Waals surface area contributed by atoms with Crippen molar-refractivity contribution in [2.75, 3.05) is 24.4 Å². The Morgan fingerprint density at radius 1 is 1.07 bits per heavy atom. The minimum absolute atomic E-state index is 0.00106. The second-order valence-corrected chi connectivity index (χ2v) is 11.6. The number of aryl methyl sites for hydroxylation is 2. The van der Waals surface area contributed by atoms with Crippen LogP contribution in [0.2, 0.25) is 0 Å². The lowest BCUT2D eigenvalue weighted by atomic mass is 9.95. The Bertz CT molecular complexity index is 1360. The summed E-state index contributed by atoms with van der Waals surface area (Å²) in [7, 11) is -3.69. The van der Waals surface area contributed by atoms with E-state index in [1.54, 1.807) is 31.2 Å². The van der Waals surface area contributed by atoms with Crippen LogP contribution >= 0.6 is 0 Å². The van der Waals surface area contributed by atoms with Crippen LogP contribution in [0.3, 0.4) is 0 Å². The van der Waals surface area contributed by atoms with Gasteiger partial charge in [0.2, 0.25) is 11.8 Å². The molecule has 2 fully saturated rings. The molecule has 2 aliphatic rings. The highest BCUT2D eigenvalue weighted by molar-refractivity contribution is 7.92. The average molecular weight is 584 g/mol. The van der Waals surface area contributed by atoms with E-state index in [0.29, 0.717) is 30.8 Å². The van der Waals surface area contributed by atoms with E-state index in [1.807, 2.05) is 30.0 Å². The Kier molecular flexibility index (Phi) is 9.49. The van der Waals surface area contributed by atoms with Gasteiger partial charge in [0.25, 0.3) is 10.0 Å². The zero-order chi connectivity index (χ0) is 29.7. The van der Waals surface area contributed by atoms with Crippen LogP contribution < -0.4 is 10.0 Å². The first-order valence-corrected chi connectivity index (χ1v) is 14.2. The number of rotatable bonds is 9. The molecule has 4 rings (SSSR count). The fraction of sp³-hybridized carbons (Fsp3) is 0.444. The molecule has 0 bridgehead atoms. The van der Waals surface area contributed by atoms with Crippen LogP contribution in [0, 0.1) is 13.8 Å². The molecule has 0 atom stereocenters. The molecule has 1 aliphatic carbocycles. The Morgan fingerprint density at radius 2 is 1.70 bits per heavy atom. The molecule has 3 N–H and O–H groups in total. The van der Waals surface area contributed by atoms with Crippen molar-refractivity contribution < 1.29 is 41.1 Å². The van der Waals surface area contributed by atoms with Crippen LogP contribution in [0.5, 0.6) is 0 Å². The fourth-order valence-corrected chi connectivity index (χ4v) is 5.81. The van der Waals surface area contributed by atoms with Crippen LogP contribution in [0.25, 0.3) is 0 Å². The van der Waals surface area contributed by atoms with Gasteiger partial charge in [-0.2, -0.15) is 13.2 Å². The highest BCUT2D eigenvalue weighted by atomic mass is 32.2. The molecule has 0 aromatic heterocycles. The van der Waals surface area contributed by atoms with E-state index in [2.05, 4.69) is 10.0 Å². The summed E-state index contributed by atoms with van der Waals surface area (Å²) in [5, 5.41) is 10.1.